The zero-order chi connectivity index (χ0) is 11.3. The minimum absolute atomic E-state index is 0.353. The van der Waals surface area contributed by atoms with E-state index in [9.17, 15) is 5.11 Å². The quantitative estimate of drug-likeness (QED) is 0.783. The number of aliphatic hydroxyl groups excluding tert-OH is 1. The van der Waals surface area contributed by atoms with Crippen LogP contribution in [-0.4, -0.2) is 18.2 Å². The highest BCUT2D eigenvalue weighted by Crippen LogP contribution is 2.23. The molecule has 1 aromatic rings. The Morgan fingerprint density at radius 2 is 2.07 bits per heavy atom. The molecule has 0 aromatic carbocycles. The van der Waals surface area contributed by atoms with E-state index in [0.717, 1.165) is 17.8 Å². The summed E-state index contributed by atoms with van der Waals surface area (Å²) in [5, 5.41) is 13.2. The highest BCUT2D eigenvalue weighted by atomic mass is 32.1. The van der Waals surface area contributed by atoms with Crippen molar-refractivity contribution in [1.82, 2.24) is 5.32 Å². The molecule has 1 aromatic heterocycles. The van der Waals surface area contributed by atoms with Gasteiger partial charge in [0.2, 0.25) is 0 Å². The van der Waals surface area contributed by atoms with Crippen molar-refractivity contribution < 1.29 is 5.11 Å². The van der Waals surface area contributed by atoms with Gasteiger partial charge in [0.1, 0.15) is 6.10 Å². The predicted octanol–water partition coefficient (Wildman–Crippen LogP) is 2.59. The lowest BCUT2D eigenvalue weighted by Gasteiger charge is -2.11. The van der Waals surface area contributed by atoms with Gasteiger partial charge in [-0.2, -0.15) is 0 Å². The van der Waals surface area contributed by atoms with Crippen molar-refractivity contribution in [2.75, 3.05) is 13.1 Å². The highest BCUT2D eigenvalue weighted by molar-refractivity contribution is 7.12. The molecule has 0 amide bonds. The summed E-state index contributed by atoms with van der Waals surface area (Å²) in [4.78, 5) is 2.41. The lowest BCUT2D eigenvalue weighted by molar-refractivity contribution is 0.177. The second-order valence-electron chi connectivity index (χ2n) is 4.23. The van der Waals surface area contributed by atoms with Crippen LogP contribution in [0.25, 0.3) is 0 Å². The predicted molar refractivity (Wildman–Crippen MR) is 66.4 cm³/mol. The summed E-state index contributed by atoms with van der Waals surface area (Å²) >= 11 is 1.71. The van der Waals surface area contributed by atoms with Gasteiger partial charge in [0.05, 0.1) is 0 Å². The van der Waals surface area contributed by atoms with E-state index >= 15 is 0 Å². The van der Waals surface area contributed by atoms with Crippen molar-refractivity contribution >= 4 is 11.3 Å². The van der Waals surface area contributed by atoms with Crippen molar-refractivity contribution in [2.24, 2.45) is 5.92 Å². The monoisotopic (exact) mass is 227 g/mol. The molecule has 0 aliphatic rings. The molecule has 15 heavy (non-hydrogen) atoms. The van der Waals surface area contributed by atoms with Crippen LogP contribution in [0.2, 0.25) is 0 Å². The summed E-state index contributed by atoms with van der Waals surface area (Å²) in [6.07, 6.45) is 0.700. The Morgan fingerprint density at radius 1 is 1.33 bits per heavy atom. The normalized spacial score (nSPS) is 13.4. The van der Waals surface area contributed by atoms with Gasteiger partial charge in [0, 0.05) is 16.3 Å². The van der Waals surface area contributed by atoms with Gasteiger partial charge in [-0.25, -0.2) is 0 Å². The van der Waals surface area contributed by atoms with Crippen LogP contribution in [0, 0.1) is 5.92 Å². The molecule has 1 rings (SSSR count). The molecular formula is C12H21NOS. The van der Waals surface area contributed by atoms with E-state index in [2.05, 4.69) is 32.2 Å². The number of aliphatic hydroxyl groups is 1. The fourth-order valence-electron chi connectivity index (χ4n) is 1.37. The van der Waals surface area contributed by atoms with Gasteiger partial charge in [-0.3, -0.25) is 0 Å². The molecule has 1 heterocycles. The van der Waals surface area contributed by atoms with Gasteiger partial charge in [-0.1, -0.05) is 20.8 Å². The first-order valence-corrected chi connectivity index (χ1v) is 6.42. The third-order valence-corrected chi connectivity index (χ3v) is 3.58. The molecule has 1 atom stereocenters. The Balaban J connectivity index is 2.36. The molecule has 3 heteroatoms. The van der Waals surface area contributed by atoms with Crippen LogP contribution < -0.4 is 5.32 Å². The Morgan fingerprint density at radius 3 is 2.60 bits per heavy atom. The first kappa shape index (κ1) is 12.7. The molecule has 0 aliphatic carbocycles. The van der Waals surface area contributed by atoms with E-state index in [0.29, 0.717) is 12.5 Å². The minimum atomic E-state index is -0.353. The summed E-state index contributed by atoms with van der Waals surface area (Å²) in [5.41, 5.74) is 0. The lowest BCUT2D eigenvalue weighted by Crippen LogP contribution is -2.24. The van der Waals surface area contributed by atoms with E-state index in [1.165, 1.54) is 4.88 Å². The molecule has 0 fully saturated rings. The molecule has 2 N–H and O–H groups in total. The van der Waals surface area contributed by atoms with E-state index in [-0.39, 0.29) is 6.10 Å². The smallest absolute Gasteiger partial charge is 0.101 e. The molecule has 0 spiro atoms. The first-order chi connectivity index (χ1) is 7.13. The van der Waals surface area contributed by atoms with Crippen molar-refractivity contribution in [3.8, 4) is 0 Å². The van der Waals surface area contributed by atoms with Crippen LogP contribution in [0.4, 0.5) is 0 Å². The van der Waals surface area contributed by atoms with Gasteiger partial charge >= 0.3 is 0 Å². The van der Waals surface area contributed by atoms with Gasteiger partial charge in [-0.05, 0) is 31.0 Å². The molecule has 86 valence electrons. The SMILES string of the molecule is CCc1ccc(C(O)CNCC(C)C)s1. The number of aryl methyl sites for hydroxylation is 1. The van der Waals surface area contributed by atoms with Crippen molar-refractivity contribution in [1.29, 1.82) is 0 Å². The van der Waals surface area contributed by atoms with Gasteiger partial charge in [-0.15, -0.1) is 11.3 Å². The minimum Gasteiger partial charge on any atom is -0.386 e. The van der Waals surface area contributed by atoms with Gasteiger partial charge < -0.3 is 10.4 Å². The zero-order valence-electron chi connectivity index (χ0n) is 9.79. The Kier molecular flexibility index (Phi) is 5.29. The van der Waals surface area contributed by atoms with E-state index in [1.807, 2.05) is 6.07 Å². The largest absolute Gasteiger partial charge is 0.386 e. The molecule has 0 saturated carbocycles. The first-order valence-electron chi connectivity index (χ1n) is 5.60. The van der Waals surface area contributed by atoms with Crippen LogP contribution in [0.5, 0.6) is 0 Å². The van der Waals surface area contributed by atoms with Crippen LogP contribution in [0.3, 0.4) is 0 Å². The Hall–Kier alpha value is -0.380. The average Bonchev–Trinajstić information content (AvgIpc) is 2.65. The summed E-state index contributed by atoms with van der Waals surface area (Å²) in [6, 6.07) is 4.14. The Labute approximate surface area is 96.3 Å². The molecule has 0 radical (unpaired) electrons. The lowest BCUT2D eigenvalue weighted by atomic mass is 10.2. The molecule has 0 aliphatic heterocycles. The van der Waals surface area contributed by atoms with Gasteiger partial charge in [0.25, 0.3) is 0 Å². The zero-order valence-corrected chi connectivity index (χ0v) is 10.6. The molecule has 0 saturated heterocycles. The van der Waals surface area contributed by atoms with Crippen LogP contribution in [-0.2, 0) is 6.42 Å². The maximum absolute atomic E-state index is 9.89. The summed E-state index contributed by atoms with van der Waals surface area (Å²) in [6.45, 7) is 8.09. The van der Waals surface area contributed by atoms with E-state index < -0.39 is 0 Å². The summed E-state index contributed by atoms with van der Waals surface area (Å²) in [7, 11) is 0. The van der Waals surface area contributed by atoms with Crippen LogP contribution in [0.1, 0.15) is 36.6 Å². The summed E-state index contributed by atoms with van der Waals surface area (Å²) in [5.74, 6) is 0.631. The standard InChI is InChI=1S/C12H21NOS/c1-4-10-5-6-12(15-10)11(14)8-13-7-9(2)3/h5-6,9,11,13-14H,4,7-8H2,1-3H3. The number of rotatable bonds is 6. The molecule has 1 unspecified atom stereocenters. The number of thiophene rings is 1. The van der Waals surface area contributed by atoms with Crippen molar-refractivity contribution in [2.45, 2.75) is 33.3 Å². The van der Waals surface area contributed by atoms with Crippen molar-refractivity contribution in [3.63, 3.8) is 0 Å². The third-order valence-electron chi connectivity index (χ3n) is 2.25. The highest BCUT2D eigenvalue weighted by Gasteiger charge is 2.09. The summed E-state index contributed by atoms with van der Waals surface area (Å²) < 4.78 is 0. The molecule has 2 nitrogen and oxygen atoms in total. The maximum atomic E-state index is 9.89. The van der Waals surface area contributed by atoms with E-state index in [1.54, 1.807) is 11.3 Å². The van der Waals surface area contributed by atoms with Crippen molar-refractivity contribution in [3.05, 3.63) is 21.9 Å². The van der Waals surface area contributed by atoms with Crippen LogP contribution in [0.15, 0.2) is 12.1 Å². The maximum Gasteiger partial charge on any atom is 0.101 e. The molecular weight excluding hydrogens is 206 g/mol. The second-order valence-corrected chi connectivity index (χ2v) is 5.43. The topological polar surface area (TPSA) is 32.3 Å². The second kappa shape index (κ2) is 6.26. The average molecular weight is 227 g/mol. The van der Waals surface area contributed by atoms with Gasteiger partial charge in [0.15, 0.2) is 0 Å². The number of hydrogen-bond acceptors (Lipinski definition) is 3. The Bertz CT molecular complexity index is 283. The fourth-order valence-corrected chi connectivity index (χ4v) is 2.31. The number of nitrogens with one attached hydrogen (secondary N) is 1. The van der Waals surface area contributed by atoms with Crippen LogP contribution >= 0.6 is 11.3 Å². The third kappa shape index (κ3) is 4.33. The molecule has 0 bridgehead atoms. The fraction of sp³-hybridized carbons (Fsp3) is 0.667. The number of hydrogen-bond donors (Lipinski definition) is 2. The van der Waals surface area contributed by atoms with E-state index in [4.69, 9.17) is 0 Å².